The van der Waals surface area contributed by atoms with Crippen molar-refractivity contribution in [1.29, 1.82) is 0 Å². The maximum absolute atomic E-state index is 8.84. The van der Waals surface area contributed by atoms with Crippen LogP contribution in [0.4, 0.5) is 0 Å². The normalized spacial score (nSPS) is 10.5. The molecule has 0 radical (unpaired) electrons. The summed E-state index contributed by atoms with van der Waals surface area (Å²) in [5, 5.41) is 10.1. The van der Waals surface area contributed by atoms with Gasteiger partial charge in [0.1, 0.15) is 12.4 Å². The van der Waals surface area contributed by atoms with E-state index in [9.17, 15) is 0 Å². The topological polar surface area (TPSA) is 29.5 Å². The average Bonchev–Trinajstić information content (AvgIpc) is 2.40. The first-order chi connectivity index (χ1) is 9.19. The van der Waals surface area contributed by atoms with E-state index in [0.717, 1.165) is 16.9 Å². The molecule has 0 heterocycles. The van der Waals surface area contributed by atoms with Crippen LogP contribution in [0.2, 0.25) is 10.0 Å². The Morgan fingerprint density at radius 3 is 2.37 bits per heavy atom. The van der Waals surface area contributed by atoms with Crippen molar-refractivity contribution in [2.75, 3.05) is 6.61 Å². The maximum atomic E-state index is 8.84. The van der Waals surface area contributed by atoms with Crippen LogP contribution in [0.15, 0.2) is 42.5 Å². The van der Waals surface area contributed by atoms with Gasteiger partial charge in [-0.05, 0) is 36.2 Å². The Balaban J connectivity index is 1.98. The third kappa shape index (κ3) is 4.13. The highest BCUT2D eigenvalue weighted by molar-refractivity contribution is 6.35. The number of hydrogen-bond donors (Lipinski definition) is 1. The van der Waals surface area contributed by atoms with E-state index in [2.05, 4.69) is 0 Å². The van der Waals surface area contributed by atoms with Gasteiger partial charge in [-0.15, -0.1) is 0 Å². The third-order valence-corrected chi connectivity index (χ3v) is 3.32. The molecule has 2 aromatic rings. The first-order valence-electron chi connectivity index (χ1n) is 5.95. The van der Waals surface area contributed by atoms with Crippen LogP contribution in [0.3, 0.4) is 0 Å². The second-order valence-corrected chi connectivity index (χ2v) is 4.99. The van der Waals surface area contributed by atoms with Gasteiger partial charge in [-0.2, -0.15) is 0 Å². The predicted octanol–water partition coefficient (Wildman–Crippen LogP) is 4.11. The van der Waals surface area contributed by atoms with Gasteiger partial charge in [-0.1, -0.05) is 41.4 Å². The van der Waals surface area contributed by atoms with Crippen molar-refractivity contribution in [3.05, 3.63) is 63.6 Å². The molecule has 19 heavy (non-hydrogen) atoms. The first kappa shape index (κ1) is 14.2. The van der Waals surface area contributed by atoms with Crippen molar-refractivity contribution < 1.29 is 9.84 Å². The van der Waals surface area contributed by atoms with Gasteiger partial charge in [0.25, 0.3) is 0 Å². The van der Waals surface area contributed by atoms with E-state index < -0.39 is 0 Å². The quantitative estimate of drug-likeness (QED) is 0.900. The fourth-order valence-corrected chi connectivity index (χ4v) is 2.14. The van der Waals surface area contributed by atoms with E-state index in [1.165, 1.54) is 0 Å². The summed E-state index contributed by atoms with van der Waals surface area (Å²) in [6, 6.07) is 13.0. The monoisotopic (exact) mass is 296 g/mol. The molecule has 0 amide bonds. The van der Waals surface area contributed by atoms with Gasteiger partial charge >= 0.3 is 0 Å². The molecule has 0 aliphatic heterocycles. The summed E-state index contributed by atoms with van der Waals surface area (Å²) >= 11 is 11.9. The molecule has 2 aromatic carbocycles. The van der Waals surface area contributed by atoms with Gasteiger partial charge in [0.05, 0.1) is 0 Å². The number of rotatable bonds is 5. The van der Waals surface area contributed by atoms with Crippen LogP contribution in [-0.2, 0) is 13.0 Å². The minimum Gasteiger partial charge on any atom is -0.489 e. The van der Waals surface area contributed by atoms with E-state index in [-0.39, 0.29) is 6.61 Å². The minimum atomic E-state index is 0.153. The number of halogens is 2. The summed E-state index contributed by atoms with van der Waals surface area (Å²) in [5.41, 5.74) is 1.98. The first-order valence-corrected chi connectivity index (χ1v) is 6.71. The van der Waals surface area contributed by atoms with E-state index in [1.807, 2.05) is 30.3 Å². The molecule has 0 bridgehead atoms. The van der Waals surface area contributed by atoms with Crippen molar-refractivity contribution in [1.82, 2.24) is 0 Å². The van der Waals surface area contributed by atoms with Gasteiger partial charge in [0, 0.05) is 22.2 Å². The lowest BCUT2D eigenvalue weighted by Crippen LogP contribution is -1.97. The maximum Gasteiger partial charge on any atom is 0.119 e. The molecule has 0 unspecified atom stereocenters. The second-order valence-electron chi connectivity index (χ2n) is 4.14. The summed E-state index contributed by atoms with van der Waals surface area (Å²) in [5.74, 6) is 0.771. The van der Waals surface area contributed by atoms with E-state index in [0.29, 0.717) is 23.1 Å². The summed E-state index contributed by atoms with van der Waals surface area (Å²) in [4.78, 5) is 0. The molecule has 4 heteroatoms. The molecule has 0 saturated carbocycles. The van der Waals surface area contributed by atoms with Gasteiger partial charge in [-0.25, -0.2) is 0 Å². The smallest absolute Gasteiger partial charge is 0.119 e. The zero-order chi connectivity index (χ0) is 13.7. The molecule has 2 nitrogen and oxygen atoms in total. The van der Waals surface area contributed by atoms with Crippen LogP contribution >= 0.6 is 23.2 Å². The minimum absolute atomic E-state index is 0.153. The lowest BCUT2D eigenvalue weighted by molar-refractivity contribution is 0.298. The van der Waals surface area contributed by atoms with Crippen molar-refractivity contribution in [3.8, 4) is 5.75 Å². The summed E-state index contributed by atoms with van der Waals surface area (Å²) in [7, 11) is 0. The van der Waals surface area contributed by atoms with Crippen LogP contribution < -0.4 is 4.74 Å². The van der Waals surface area contributed by atoms with Crippen LogP contribution in [0.25, 0.3) is 0 Å². The highest BCUT2D eigenvalue weighted by Gasteiger charge is 2.02. The van der Waals surface area contributed by atoms with Gasteiger partial charge in [-0.3, -0.25) is 0 Å². The van der Waals surface area contributed by atoms with Crippen molar-refractivity contribution in [3.63, 3.8) is 0 Å². The lowest BCUT2D eigenvalue weighted by Gasteiger charge is -2.08. The SMILES string of the molecule is OCCc1ccc(OCc2ccc(Cl)cc2Cl)cc1. The third-order valence-electron chi connectivity index (χ3n) is 2.73. The molecule has 0 aliphatic carbocycles. The number of aliphatic hydroxyl groups excluding tert-OH is 1. The molecular weight excluding hydrogens is 283 g/mol. The molecule has 100 valence electrons. The van der Waals surface area contributed by atoms with E-state index in [4.69, 9.17) is 33.0 Å². The number of aliphatic hydroxyl groups is 1. The average molecular weight is 297 g/mol. The van der Waals surface area contributed by atoms with Crippen LogP contribution in [0.1, 0.15) is 11.1 Å². The number of benzene rings is 2. The Kier molecular flexibility index (Phi) is 5.08. The van der Waals surface area contributed by atoms with Gasteiger partial charge < -0.3 is 9.84 Å². The molecule has 1 N–H and O–H groups in total. The summed E-state index contributed by atoms with van der Waals surface area (Å²) in [6.07, 6.45) is 0.656. The molecule has 2 rings (SSSR count). The fourth-order valence-electron chi connectivity index (χ4n) is 1.68. The van der Waals surface area contributed by atoms with Crippen molar-refractivity contribution in [2.45, 2.75) is 13.0 Å². The van der Waals surface area contributed by atoms with Gasteiger partial charge in [0.2, 0.25) is 0 Å². The Labute approximate surface area is 122 Å². The Morgan fingerprint density at radius 1 is 1.00 bits per heavy atom. The number of hydrogen-bond acceptors (Lipinski definition) is 2. The predicted molar refractivity (Wildman–Crippen MR) is 78.0 cm³/mol. The zero-order valence-electron chi connectivity index (χ0n) is 10.3. The Morgan fingerprint density at radius 2 is 1.74 bits per heavy atom. The van der Waals surface area contributed by atoms with Gasteiger partial charge in [0.15, 0.2) is 0 Å². The van der Waals surface area contributed by atoms with E-state index >= 15 is 0 Å². The Hall–Kier alpha value is -1.22. The molecular formula is C15H14Cl2O2. The summed E-state index contributed by atoms with van der Waals surface area (Å²) in [6.45, 7) is 0.552. The van der Waals surface area contributed by atoms with E-state index in [1.54, 1.807) is 12.1 Å². The highest BCUT2D eigenvalue weighted by Crippen LogP contribution is 2.22. The van der Waals surface area contributed by atoms with Crippen LogP contribution in [0, 0.1) is 0 Å². The molecule has 0 aromatic heterocycles. The van der Waals surface area contributed by atoms with Crippen molar-refractivity contribution in [2.24, 2.45) is 0 Å². The second kappa shape index (κ2) is 6.80. The fraction of sp³-hybridized carbons (Fsp3) is 0.200. The lowest BCUT2D eigenvalue weighted by atomic mass is 10.1. The highest BCUT2D eigenvalue weighted by atomic mass is 35.5. The Bertz CT molecular complexity index is 538. The largest absolute Gasteiger partial charge is 0.489 e. The molecule has 0 atom stereocenters. The van der Waals surface area contributed by atoms with Crippen LogP contribution in [0.5, 0.6) is 5.75 Å². The molecule has 0 fully saturated rings. The standard InChI is InChI=1S/C15H14Cl2O2/c16-13-4-3-12(15(17)9-13)10-19-14-5-1-11(2-6-14)7-8-18/h1-6,9,18H,7-8,10H2. The summed E-state index contributed by atoms with van der Waals surface area (Å²) < 4.78 is 5.66. The zero-order valence-corrected chi connectivity index (χ0v) is 11.8. The van der Waals surface area contributed by atoms with Crippen molar-refractivity contribution >= 4 is 23.2 Å². The van der Waals surface area contributed by atoms with Crippen LogP contribution in [-0.4, -0.2) is 11.7 Å². The number of ether oxygens (including phenoxy) is 1. The molecule has 0 aliphatic rings. The molecule has 0 spiro atoms. The molecule has 0 saturated heterocycles.